The molecule has 1 rings (SSSR count). The van der Waals surface area contributed by atoms with Crippen LogP contribution in [0.1, 0.15) is 31.1 Å². The molecular weight excluding hydrogens is 252 g/mol. The highest BCUT2D eigenvalue weighted by Gasteiger charge is 2.20. The number of nitrogens with two attached hydrogens (primary N) is 1. The summed E-state index contributed by atoms with van der Waals surface area (Å²) >= 11 is 5.94. The molecule has 0 aliphatic carbocycles. The van der Waals surface area contributed by atoms with Gasteiger partial charge >= 0.3 is 0 Å². The lowest BCUT2D eigenvalue weighted by molar-refractivity contribution is 0.0706. The van der Waals surface area contributed by atoms with Gasteiger partial charge in [0.25, 0.3) is 5.91 Å². The minimum absolute atomic E-state index is 0.103. The molecule has 0 radical (unpaired) electrons. The lowest BCUT2D eigenvalue weighted by atomic mass is 10.0. The van der Waals surface area contributed by atoms with Crippen molar-refractivity contribution in [1.82, 2.24) is 9.88 Å². The molecule has 0 spiro atoms. The Balaban J connectivity index is 2.94. The highest BCUT2D eigenvalue weighted by atomic mass is 35.5. The number of hydrazine groups is 1. The van der Waals surface area contributed by atoms with E-state index in [9.17, 15) is 4.79 Å². The maximum absolute atomic E-state index is 12.2. The van der Waals surface area contributed by atoms with E-state index in [4.69, 9.17) is 17.4 Å². The Kier molecular flexibility index (Phi) is 4.93. The smallest absolute Gasteiger partial charge is 0.255 e. The van der Waals surface area contributed by atoms with Crippen molar-refractivity contribution in [3.63, 3.8) is 0 Å². The van der Waals surface area contributed by atoms with Crippen LogP contribution in [0.2, 0.25) is 5.02 Å². The summed E-state index contributed by atoms with van der Waals surface area (Å²) in [6.45, 7) is 6.15. The number of carbonyl (C=O) groups excluding carboxylic acids is 1. The van der Waals surface area contributed by atoms with E-state index in [1.165, 1.54) is 6.20 Å². The van der Waals surface area contributed by atoms with Gasteiger partial charge < -0.3 is 10.3 Å². The first kappa shape index (κ1) is 14.7. The van der Waals surface area contributed by atoms with E-state index in [-0.39, 0.29) is 11.9 Å². The molecule has 0 saturated carbocycles. The van der Waals surface area contributed by atoms with Crippen molar-refractivity contribution in [2.45, 2.75) is 26.8 Å². The minimum Gasteiger partial charge on any atom is -0.339 e. The maximum atomic E-state index is 12.2. The molecule has 1 atom stereocenters. The highest BCUT2D eigenvalue weighted by Crippen LogP contribution is 2.20. The van der Waals surface area contributed by atoms with Crippen molar-refractivity contribution in [1.29, 1.82) is 0 Å². The first-order valence-corrected chi connectivity index (χ1v) is 6.15. The number of nitrogen functional groups attached to an aromatic ring is 1. The van der Waals surface area contributed by atoms with Crippen LogP contribution in [0, 0.1) is 5.92 Å². The van der Waals surface area contributed by atoms with Gasteiger partial charge in [-0.3, -0.25) is 4.79 Å². The van der Waals surface area contributed by atoms with Crippen LogP contribution in [0.5, 0.6) is 0 Å². The molecule has 0 saturated heterocycles. The summed E-state index contributed by atoms with van der Waals surface area (Å²) < 4.78 is 0. The zero-order valence-corrected chi connectivity index (χ0v) is 11.8. The van der Waals surface area contributed by atoms with Crippen LogP contribution in [-0.4, -0.2) is 28.9 Å². The lowest BCUT2D eigenvalue weighted by Crippen LogP contribution is -2.38. The van der Waals surface area contributed by atoms with Gasteiger partial charge in [-0.25, -0.2) is 10.8 Å². The Morgan fingerprint density at radius 2 is 2.11 bits per heavy atom. The van der Waals surface area contributed by atoms with Gasteiger partial charge in [0, 0.05) is 19.3 Å². The van der Waals surface area contributed by atoms with Crippen LogP contribution in [0.15, 0.2) is 12.3 Å². The molecule has 0 aliphatic rings. The summed E-state index contributed by atoms with van der Waals surface area (Å²) in [5.41, 5.74) is 2.82. The third-order valence-corrected chi connectivity index (χ3v) is 3.41. The molecule has 1 aromatic heterocycles. The van der Waals surface area contributed by atoms with Crippen LogP contribution >= 0.6 is 11.6 Å². The Morgan fingerprint density at radius 1 is 1.50 bits per heavy atom. The molecule has 18 heavy (non-hydrogen) atoms. The number of aromatic nitrogens is 1. The summed E-state index contributed by atoms with van der Waals surface area (Å²) in [6, 6.07) is 1.71. The van der Waals surface area contributed by atoms with E-state index in [0.717, 1.165) is 0 Å². The Labute approximate surface area is 112 Å². The zero-order valence-electron chi connectivity index (χ0n) is 11.1. The largest absolute Gasteiger partial charge is 0.339 e. The second kappa shape index (κ2) is 6.02. The number of halogens is 1. The highest BCUT2D eigenvalue weighted by molar-refractivity contribution is 6.33. The molecule has 5 nitrogen and oxygen atoms in total. The first-order valence-electron chi connectivity index (χ1n) is 5.77. The number of hydrogen-bond acceptors (Lipinski definition) is 4. The summed E-state index contributed by atoms with van der Waals surface area (Å²) in [7, 11) is 1.77. The molecule has 1 aromatic rings. The predicted octanol–water partition coefficient (Wildman–Crippen LogP) is 2.14. The molecular formula is C12H19ClN4O. The minimum atomic E-state index is -0.103. The number of nitrogens with zero attached hydrogens (tertiary/aromatic N) is 2. The van der Waals surface area contributed by atoms with Gasteiger partial charge in [0.05, 0.1) is 10.6 Å². The molecule has 1 unspecified atom stereocenters. The van der Waals surface area contributed by atoms with E-state index in [1.54, 1.807) is 18.0 Å². The third kappa shape index (κ3) is 3.11. The number of carbonyl (C=O) groups is 1. The van der Waals surface area contributed by atoms with E-state index in [2.05, 4.69) is 24.3 Å². The van der Waals surface area contributed by atoms with Gasteiger partial charge in [-0.2, -0.15) is 0 Å². The molecule has 1 heterocycles. The van der Waals surface area contributed by atoms with E-state index < -0.39 is 0 Å². The number of rotatable bonds is 4. The fraction of sp³-hybridized carbons (Fsp3) is 0.500. The molecule has 6 heteroatoms. The van der Waals surface area contributed by atoms with Crippen LogP contribution in [-0.2, 0) is 0 Å². The van der Waals surface area contributed by atoms with Crippen molar-refractivity contribution in [2.75, 3.05) is 12.5 Å². The van der Waals surface area contributed by atoms with Gasteiger partial charge in [0.15, 0.2) is 5.82 Å². The summed E-state index contributed by atoms with van der Waals surface area (Å²) in [4.78, 5) is 17.9. The zero-order chi connectivity index (χ0) is 13.9. The van der Waals surface area contributed by atoms with Gasteiger partial charge in [-0.05, 0) is 18.9 Å². The third-order valence-electron chi connectivity index (χ3n) is 3.12. The fourth-order valence-corrected chi connectivity index (χ4v) is 1.72. The number of anilines is 1. The van der Waals surface area contributed by atoms with E-state index in [0.29, 0.717) is 22.3 Å². The second-order valence-electron chi connectivity index (χ2n) is 4.60. The Hall–Kier alpha value is -1.33. The van der Waals surface area contributed by atoms with Gasteiger partial charge in [-0.15, -0.1) is 0 Å². The quantitative estimate of drug-likeness (QED) is 0.650. The number of amides is 1. The number of pyridine rings is 1. The maximum Gasteiger partial charge on any atom is 0.255 e. The molecule has 0 aromatic carbocycles. The van der Waals surface area contributed by atoms with E-state index >= 15 is 0 Å². The number of hydrogen-bond donors (Lipinski definition) is 2. The van der Waals surface area contributed by atoms with Crippen molar-refractivity contribution in [3.05, 3.63) is 22.8 Å². The topological polar surface area (TPSA) is 71.2 Å². The van der Waals surface area contributed by atoms with Crippen molar-refractivity contribution in [3.8, 4) is 0 Å². The Bertz CT molecular complexity index is 436. The molecule has 1 amide bonds. The average molecular weight is 271 g/mol. The van der Waals surface area contributed by atoms with Crippen LogP contribution in [0.4, 0.5) is 5.82 Å². The molecule has 0 bridgehead atoms. The van der Waals surface area contributed by atoms with Crippen LogP contribution < -0.4 is 11.3 Å². The van der Waals surface area contributed by atoms with Crippen molar-refractivity contribution < 1.29 is 4.79 Å². The standard InChI is InChI=1S/C12H19ClN4O/c1-7(2)8(3)17(4)12(18)9-5-10(13)11(16-14)15-6-9/h5-8H,14H2,1-4H3,(H,15,16). The Morgan fingerprint density at radius 3 is 2.56 bits per heavy atom. The fourth-order valence-electron chi connectivity index (χ4n) is 1.50. The van der Waals surface area contributed by atoms with Crippen molar-refractivity contribution in [2.24, 2.45) is 11.8 Å². The molecule has 3 N–H and O–H groups in total. The molecule has 0 aliphatic heterocycles. The van der Waals surface area contributed by atoms with Gasteiger partial charge in [0.2, 0.25) is 0 Å². The lowest BCUT2D eigenvalue weighted by Gasteiger charge is -2.28. The summed E-state index contributed by atoms with van der Waals surface area (Å²) in [5.74, 6) is 5.87. The monoisotopic (exact) mass is 270 g/mol. The summed E-state index contributed by atoms with van der Waals surface area (Å²) in [6.07, 6.45) is 1.47. The SMILES string of the molecule is CC(C)C(C)N(C)C(=O)c1cnc(NN)c(Cl)c1. The number of nitrogens with one attached hydrogen (secondary N) is 1. The van der Waals surface area contributed by atoms with Crippen molar-refractivity contribution >= 4 is 23.3 Å². The predicted molar refractivity (Wildman–Crippen MR) is 73.5 cm³/mol. The molecule has 0 fully saturated rings. The second-order valence-corrected chi connectivity index (χ2v) is 5.01. The van der Waals surface area contributed by atoms with Crippen LogP contribution in [0.3, 0.4) is 0 Å². The van der Waals surface area contributed by atoms with Gasteiger partial charge in [0.1, 0.15) is 0 Å². The van der Waals surface area contributed by atoms with E-state index in [1.807, 2.05) is 6.92 Å². The summed E-state index contributed by atoms with van der Waals surface area (Å²) in [5, 5.41) is 0.328. The normalized spacial score (nSPS) is 12.4. The van der Waals surface area contributed by atoms with Gasteiger partial charge in [-0.1, -0.05) is 25.4 Å². The van der Waals surface area contributed by atoms with Crippen LogP contribution in [0.25, 0.3) is 0 Å². The average Bonchev–Trinajstić information content (AvgIpc) is 2.35. The molecule has 100 valence electrons. The first-order chi connectivity index (χ1) is 8.38.